The molecule has 1 rings (SSSR count). The molecule has 1 aromatic rings. The van der Waals surface area contributed by atoms with Crippen LogP contribution in [0.5, 0.6) is 0 Å². The van der Waals surface area contributed by atoms with E-state index in [-0.39, 0.29) is 5.78 Å². The Morgan fingerprint density at radius 1 is 1.58 bits per heavy atom. The second-order valence-electron chi connectivity index (χ2n) is 2.89. The molecule has 0 saturated heterocycles. The van der Waals surface area contributed by atoms with Gasteiger partial charge in [0.2, 0.25) is 0 Å². The first kappa shape index (κ1) is 8.91. The number of nitrogens with zero attached hydrogens (tertiary/aromatic N) is 1. The maximum absolute atomic E-state index is 11.1. The summed E-state index contributed by atoms with van der Waals surface area (Å²) in [4.78, 5) is 15.2. The SMILES string of the molecule is CCC(=O)Cc1cc(C)ccn1. The highest BCUT2D eigenvalue weighted by Crippen LogP contribution is 2.01. The summed E-state index contributed by atoms with van der Waals surface area (Å²) < 4.78 is 0. The lowest BCUT2D eigenvalue weighted by Crippen LogP contribution is -2.02. The van der Waals surface area contributed by atoms with Crippen molar-refractivity contribution in [2.24, 2.45) is 0 Å². The molecule has 0 aliphatic heterocycles. The van der Waals surface area contributed by atoms with E-state index in [2.05, 4.69) is 4.98 Å². The number of hydrogen-bond acceptors (Lipinski definition) is 2. The van der Waals surface area contributed by atoms with E-state index in [0.29, 0.717) is 12.8 Å². The van der Waals surface area contributed by atoms with Crippen LogP contribution in [0.3, 0.4) is 0 Å². The lowest BCUT2D eigenvalue weighted by molar-refractivity contribution is -0.118. The highest BCUT2D eigenvalue weighted by molar-refractivity contribution is 5.80. The van der Waals surface area contributed by atoms with Crippen LogP contribution in [0.4, 0.5) is 0 Å². The van der Waals surface area contributed by atoms with Gasteiger partial charge in [0.05, 0.1) is 0 Å². The van der Waals surface area contributed by atoms with Crippen LogP contribution < -0.4 is 0 Å². The Morgan fingerprint density at radius 2 is 2.33 bits per heavy atom. The summed E-state index contributed by atoms with van der Waals surface area (Å²) in [5, 5.41) is 0. The van der Waals surface area contributed by atoms with Crippen LogP contribution in [0.2, 0.25) is 0 Å². The monoisotopic (exact) mass is 163 g/mol. The smallest absolute Gasteiger partial charge is 0.138 e. The van der Waals surface area contributed by atoms with E-state index < -0.39 is 0 Å². The van der Waals surface area contributed by atoms with Crippen molar-refractivity contribution < 1.29 is 4.79 Å². The fraction of sp³-hybridized carbons (Fsp3) is 0.400. The lowest BCUT2D eigenvalue weighted by Gasteiger charge is -1.98. The fourth-order valence-electron chi connectivity index (χ4n) is 1.02. The van der Waals surface area contributed by atoms with E-state index in [1.807, 2.05) is 26.0 Å². The van der Waals surface area contributed by atoms with Crippen molar-refractivity contribution in [2.75, 3.05) is 0 Å². The molecular formula is C10H13NO. The summed E-state index contributed by atoms with van der Waals surface area (Å²) in [6.07, 6.45) is 2.81. The third kappa shape index (κ3) is 2.46. The van der Waals surface area contributed by atoms with Crippen molar-refractivity contribution in [3.8, 4) is 0 Å². The Morgan fingerprint density at radius 3 is 2.92 bits per heavy atom. The van der Waals surface area contributed by atoms with Crippen LogP contribution >= 0.6 is 0 Å². The molecule has 0 unspecified atom stereocenters. The van der Waals surface area contributed by atoms with Gasteiger partial charge in [-0.3, -0.25) is 9.78 Å². The van der Waals surface area contributed by atoms with Gasteiger partial charge in [-0.2, -0.15) is 0 Å². The van der Waals surface area contributed by atoms with Gasteiger partial charge < -0.3 is 0 Å². The van der Waals surface area contributed by atoms with Gasteiger partial charge in [-0.15, -0.1) is 0 Å². The number of carbonyl (C=O) groups is 1. The summed E-state index contributed by atoms with van der Waals surface area (Å²) >= 11 is 0. The first-order valence-corrected chi connectivity index (χ1v) is 4.15. The number of Topliss-reactive ketones (excluding diaryl/α,β-unsaturated/α-hetero) is 1. The van der Waals surface area contributed by atoms with Gasteiger partial charge in [0.1, 0.15) is 5.78 Å². The maximum Gasteiger partial charge on any atom is 0.138 e. The van der Waals surface area contributed by atoms with E-state index in [1.165, 1.54) is 0 Å². The molecule has 1 aromatic heterocycles. The first-order valence-electron chi connectivity index (χ1n) is 4.15. The van der Waals surface area contributed by atoms with Crippen molar-refractivity contribution in [1.82, 2.24) is 4.98 Å². The molecule has 0 aliphatic carbocycles. The number of aryl methyl sites for hydroxylation is 1. The third-order valence-corrected chi connectivity index (χ3v) is 1.74. The van der Waals surface area contributed by atoms with Gasteiger partial charge >= 0.3 is 0 Å². The molecule has 0 fully saturated rings. The predicted molar refractivity (Wildman–Crippen MR) is 48.0 cm³/mol. The van der Waals surface area contributed by atoms with Crippen molar-refractivity contribution in [2.45, 2.75) is 26.7 Å². The minimum Gasteiger partial charge on any atom is -0.299 e. The number of carbonyl (C=O) groups excluding carboxylic acids is 1. The Labute approximate surface area is 72.6 Å². The lowest BCUT2D eigenvalue weighted by atomic mass is 10.1. The van der Waals surface area contributed by atoms with E-state index >= 15 is 0 Å². The Hall–Kier alpha value is -1.18. The van der Waals surface area contributed by atoms with Crippen LogP contribution in [0.1, 0.15) is 24.6 Å². The number of pyridine rings is 1. The molecule has 0 aliphatic rings. The zero-order valence-electron chi connectivity index (χ0n) is 7.50. The second kappa shape index (κ2) is 4.00. The molecule has 2 heteroatoms. The quantitative estimate of drug-likeness (QED) is 0.681. The average Bonchev–Trinajstić information content (AvgIpc) is 2.04. The third-order valence-electron chi connectivity index (χ3n) is 1.74. The highest BCUT2D eigenvalue weighted by Gasteiger charge is 2.01. The summed E-state index contributed by atoms with van der Waals surface area (Å²) in [6.45, 7) is 3.87. The Bertz CT molecular complexity index is 281. The van der Waals surface area contributed by atoms with Crippen LogP contribution in [0, 0.1) is 6.92 Å². The Balaban J connectivity index is 2.69. The second-order valence-corrected chi connectivity index (χ2v) is 2.89. The van der Waals surface area contributed by atoms with Crippen molar-refractivity contribution in [1.29, 1.82) is 0 Å². The Kier molecular flexibility index (Phi) is 2.97. The molecule has 0 atom stereocenters. The molecular weight excluding hydrogens is 150 g/mol. The number of hydrogen-bond donors (Lipinski definition) is 0. The molecule has 0 aromatic carbocycles. The van der Waals surface area contributed by atoms with E-state index in [1.54, 1.807) is 6.20 Å². The molecule has 0 amide bonds. The van der Waals surface area contributed by atoms with Gasteiger partial charge in [-0.25, -0.2) is 0 Å². The average molecular weight is 163 g/mol. The van der Waals surface area contributed by atoms with Gasteiger partial charge in [-0.1, -0.05) is 6.92 Å². The van der Waals surface area contributed by atoms with Gasteiger partial charge in [-0.05, 0) is 24.6 Å². The van der Waals surface area contributed by atoms with Gasteiger partial charge in [0.25, 0.3) is 0 Å². The normalized spacial score (nSPS) is 9.83. The summed E-state index contributed by atoms with van der Waals surface area (Å²) in [6, 6.07) is 3.88. The van der Waals surface area contributed by atoms with E-state index in [0.717, 1.165) is 11.3 Å². The zero-order valence-corrected chi connectivity index (χ0v) is 7.50. The van der Waals surface area contributed by atoms with Gasteiger partial charge in [0, 0.05) is 24.7 Å². The largest absolute Gasteiger partial charge is 0.299 e. The number of rotatable bonds is 3. The minimum atomic E-state index is 0.244. The zero-order chi connectivity index (χ0) is 8.97. The minimum absolute atomic E-state index is 0.244. The van der Waals surface area contributed by atoms with Crippen LogP contribution in [0.15, 0.2) is 18.3 Å². The van der Waals surface area contributed by atoms with Crippen molar-refractivity contribution in [3.05, 3.63) is 29.6 Å². The van der Waals surface area contributed by atoms with Crippen molar-refractivity contribution >= 4 is 5.78 Å². The highest BCUT2D eigenvalue weighted by atomic mass is 16.1. The molecule has 1 heterocycles. The number of ketones is 1. The van der Waals surface area contributed by atoms with Crippen molar-refractivity contribution in [3.63, 3.8) is 0 Å². The molecule has 0 N–H and O–H groups in total. The standard InChI is InChI=1S/C10H13NO/c1-3-10(12)7-9-6-8(2)4-5-11-9/h4-6H,3,7H2,1-2H3. The summed E-state index contributed by atoms with van der Waals surface area (Å²) in [5.41, 5.74) is 2.03. The molecule has 0 bridgehead atoms. The van der Waals surface area contributed by atoms with Crippen LogP contribution in [0.25, 0.3) is 0 Å². The van der Waals surface area contributed by atoms with Crippen LogP contribution in [-0.2, 0) is 11.2 Å². The topological polar surface area (TPSA) is 30.0 Å². The van der Waals surface area contributed by atoms with E-state index in [4.69, 9.17) is 0 Å². The van der Waals surface area contributed by atoms with E-state index in [9.17, 15) is 4.79 Å². The molecule has 2 nitrogen and oxygen atoms in total. The first-order chi connectivity index (χ1) is 5.72. The molecule has 12 heavy (non-hydrogen) atoms. The fourth-order valence-corrected chi connectivity index (χ4v) is 1.02. The molecule has 0 saturated carbocycles. The summed E-state index contributed by atoms with van der Waals surface area (Å²) in [5.74, 6) is 0.244. The van der Waals surface area contributed by atoms with Gasteiger partial charge in [0.15, 0.2) is 0 Å². The molecule has 64 valence electrons. The molecule has 0 spiro atoms. The molecule has 0 radical (unpaired) electrons. The summed E-state index contributed by atoms with van der Waals surface area (Å²) in [7, 11) is 0. The van der Waals surface area contributed by atoms with Crippen LogP contribution in [-0.4, -0.2) is 10.8 Å². The predicted octanol–water partition coefficient (Wildman–Crippen LogP) is 1.91. The maximum atomic E-state index is 11.1. The number of aromatic nitrogens is 1.